The van der Waals surface area contributed by atoms with E-state index >= 15 is 0 Å². The first-order valence-corrected chi connectivity index (χ1v) is 4.19. The first-order chi connectivity index (χ1) is 5.74. The number of halogens is 2. The molecule has 66 valence electrons. The SMILES string of the molecule is N[C@H](CCF)c1cccc(Cl)c1. The topological polar surface area (TPSA) is 26.0 Å². The number of hydrogen-bond donors (Lipinski definition) is 1. The van der Waals surface area contributed by atoms with E-state index in [1.807, 2.05) is 12.1 Å². The molecule has 0 saturated heterocycles. The van der Waals surface area contributed by atoms with Crippen LogP contribution in [0.3, 0.4) is 0 Å². The van der Waals surface area contributed by atoms with Crippen LogP contribution in [-0.2, 0) is 0 Å². The highest BCUT2D eigenvalue weighted by Crippen LogP contribution is 2.18. The average molecular weight is 188 g/mol. The van der Waals surface area contributed by atoms with Gasteiger partial charge in [0.25, 0.3) is 0 Å². The molecular weight excluding hydrogens is 177 g/mol. The highest BCUT2D eigenvalue weighted by Gasteiger charge is 2.04. The smallest absolute Gasteiger partial charge is 0.0912 e. The van der Waals surface area contributed by atoms with Crippen LogP contribution in [0.15, 0.2) is 24.3 Å². The molecule has 0 saturated carbocycles. The lowest BCUT2D eigenvalue weighted by molar-refractivity contribution is 0.442. The summed E-state index contributed by atoms with van der Waals surface area (Å²) in [6, 6.07) is 6.96. The molecule has 1 aromatic carbocycles. The van der Waals surface area contributed by atoms with Gasteiger partial charge in [0.2, 0.25) is 0 Å². The quantitative estimate of drug-likeness (QED) is 0.774. The number of nitrogens with two attached hydrogens (primary N) is 1. The second kappa shape index (κ2) is 4.43. The largest absolute Gasteiger partial charge is 0.324 e. The van der Waals surface area contributed by atoms with Gasteiger partial charge < -0.3 is 5.73 Å². The third-order valence-electron chi connectivity index (χ3n) is 1.70. The van der Waals surface area contributed by atoms with Crippen LogP contribution < -0.4 is 5.73 Å². The number of hydrogen-bond acceptors (Lipinski definition) is 1. The predicted molar refractivity (Wildman–Crippen MR) is 49.0 cm³/mol. The maximum atomic E-state index is 11.9. The van der Waals surface area contributed by atoms with Crippen molar-refractivity contribution in [2.24, 2.45) is 5.73 Å². The fourth-order valence-corrected chi connectivity index (χ4v) is 1.22. The van der Waals surface area contributed by atoms with Gasteiger partial charge in [-0.05, 0) is 24.1 Å². The van der Waals surface area contributed by atoms with E-state index in [2.05, 4.69) is 0 Å². The van der Waals surface area contributed by atoms with Crippen LogP contribution in [0.4, 0.5) is 4.39 Å². The molecule has 0 heterocycles. The molecule has 0 spiro atoms. The summed E-state index contributed by atoms with van der Waals surface area (Å²) in [5, 5.41) is 0.641. The Morgan fingerprint density at radius 2 is 2.25 bits per heavy atom. The van der Waals surface area contributed by atoms with Crippen LogP contribution in [0, 0.1) is 0 Å². The monoisotopic (exact) mass is 187 g/mol. The number of alkyl halides is 1. The van der Waals surface area contributed by atoms with E-state index in [1.165, 1.54) is 0 Å². The predicted octanol–water partition coefficient (Wildman–Crippen LogP) is 2.70. The Morgan fingerprint density at radius 1 is 1.50 bits per heavy atom. The van der Waals surface area contributed by atoms with Gasteiger partial charge in [0, 0.05) is 11.1 Å². The zero-order chi connectivity index (χ0) is 8.97. The van der Waals surface area contributed by atoms with Gasteiger partial charge in [0.05, 0.1) is 6.67 Å². The van der Waals surface area contributed by atoms with E-state index in [-0.39, 0.29) is 6.04 Å². The molecule has 1 aromatic rings. The molecule has 0 fully saturated rings. The van der Waals surface area contributed by atoms with Crippen molar-refractivity contribution in [2.75, 3.05) is 6.67 Å². The van der Waals surface area contributed by atoms with Crippen molar-refractivity contribution in [3.05, 3.63) is 34.9 Å². The molecule has 3 heteroatoms. The van der Waals surface area contributed by atoms with Gasteiger partial charge in [-0.1, -0.05) is 23.7 Å². The Bertz CT molecular complexity index is 252. The van der Waals surface area contributed by atoms with E-state index < -0.39 is 6.67 Å². The zero-order valence-corrected chi connectivity index (χ0v) is 7.39. The summed E-state index contributed by atoms with van der Waals surface area (Å²) in [7, 11) is 0. The lowest BCUT2D eigenvalue weighted by atomic mass is 10.1. The van der Waals surface area contributed by atoms with Gasteiger partial charge in [-0.2, -0.15) is 0 Å². The fraction of sp³-hybridized carbons (Fsp3) is 0.333. The summed E-state index contributed by atoms with van der Waals surface area (Å²) in [6.07, 6.45) is 0.348. The third kappa shape index (κ3) is 2.47. The normalized spacial score (nSPS) is 12.9. The molecular formula is C9H11ClFN. The summed E-state index contributed by atoms with van der Waals surface area (Å²) < 4.78 is 11.9. The molecule has 0 bridgehead atoms. The lowest BCUT2D eigenvalue weighted by Crippen LogP contribution is -2.10. The van der Waals surface area contributed by atoms with Gasteiger partial charge in [0.15, 0.2) is 0 Å². The van der Waals surface area contributed by atoms with Crippen molar-refractivity contribution in [2.45, 2.75) is 12.5 Å². The Kier molecular flexibility index (Phi) is 3.50. The first-order valence-electron chi connectivity index (χ1n) is 3.81. The number of rotatable bonds is 3. The minimum absolute atomic E-state index is 0.242. The Balaban J connectivity index is 2.73. The summed E-state index contributed by atoms with van der Waals surface area (Å²) in [5.41, 5.74) is 6.56. The van der Waals surface area contributed by atoms with Crippen LogP contribution in [0.2, 0.25) is 5.02 Å². The average Bonchev–Trinajstić information content (AvgIpc) is 2.05. The molecule has 1 atom stereocenters. The minimum Gasteiger partial charge on any atom is -0.324 e. The summed E-state index contributed by atoms with van der Waals surface area (Å²) in [5.74, 6) is 0. The van der Waals surface area contributed by atoms with Crippen molar-refractivity contribution in [1.29, 1.82) is 0 Å². The van der Waals surface area contributed by atoms with Crippen LogP contribution >= 0.6 is 11.6 Å². The van der Waals surface area contributed by atoms with Gasteiger partial charge in [-0.3, -0.25) is 4.39 Å². The summed E-state index contributed by atoms with van der Waals surface area (Å²) in [4.78, 5) is 0. The third-order valence-corrected chi connectivity index (χ3v) is 1.93. The Labute approximate surface area is 76.3 Å². The summed E-state index contributed by atoms with van der Waals surface area (Å²) >= 11 is 5.74. The van der Waals surface area contributed by atoms with Gasteiger partial charge >= 0.3 is 0 Å². The maximum absolute atomic E-state index is 11.9. The lowest BCUT2D eigenvalue weighted by Gasteiger charge is -2.09. The van der Waals surface area contributed by atoms with Crippen molar-refractivity contribution in [3.63, 3.8) is 0 Å². The highest BCUT2D eigenvalue weighted by molar-refractivity contribution is 6.30. The standard InChI is InChI=1S/C9H11ClFN/c10-8-3-1-2-7(6-8)9(12)4-5-11/h1-3,6,9H,4-5,12H2/t9-/m1/s1. The molecule has 2 N–H and O–H groups in total. The van der Waals surface area contributed by atoms with Crippen LogP contribution in [0.1, 0.15) is 18.0 Å². The second-order valence-corrected chi connectivity index (χ2v) is 3.08. The van der Waals surface area contributed by atoms with Crippen LogP contribution in [0.5, 0.6) is 0 Å². The molecule has 0 aromatic heterocycles. The number of benzene rings is 1. The molecule has 0 unspecified atom stereocenters. The Hall–Kier alpha value is -0.600. The van der Waals surface area contributed by atoms with Gasteiger partial charge in [-0.15, -0.1) is 0 Å². The van der Waals surface area contributed by atoms with Crippen LogP contribution in [-0.4, -0.2) is 6.67 Å². The molecule has 0 aliphatic heterocycles. The highest BCUT2D eigenvalue weighted by atomic mass is 35.5. The van der Waals surface area contributed by atoms with Crippen molar-refractivity contribution >= 4 is 11.6 Å². The first kappa shape index (κ1) is 9.49. The fourth-order valence-electron chi connectivity index (χ4n) is 1.02. The van der Waals surface area contributed by atoms with E-state index in [1.54, 1.807) is 12.1 Å². The second-order valence-electron chi connectivity index (χ2n) is 2.64. The molecule has 0 amide bonds. The van der Waals surface area contributed by atoms with E-state index in [9.17, 15) is 4.39 Å². The Morgan fingerprint density at radius 3 is 2.83 bits per heavy atom. The molecule has 12 heavy (non-hydrogen) atoms. The molecule has 0 aliphatic rings. The van der Waals surface area contributed by atoms with Crippen molar-refractivity contribution < 1.29 is 4.39 Å². The minimum atomic E-state index is -0.395. The zero-order valence-electron chi connectivity index (χ0n) is 6.63. The molecule has 1 rings (SSSR count). The van der Waals surface area contributed by atoms with Gasteiger partial charge in [-0.25, -0.2) is 0 Å². The van der Waals surface area contributed by atoms with Crippen molar-refractivity contribution in [3.8, 4) is 0 Å². The van der Waals surface area contributed by atoms with Crippen LogP contribution in [0.25, 0.3) is 0 Å². The maximum Gasteiger partial charge on any atom is 0.0912 e. The van der Waals surface area contributed by atoms with Gasteiger partial charge in [0.1, 0.15) is 0 Å². The summed E-state index contributed by atoms with van der Waals surface area (Å²) in [6.45, 7) is -0.395. The van der Waals surface area contributed by atoms with E-state index in [0.717, 1.165) is 5.56 Å². The van der Waals surface area contributed by atoms with Crippen molar-refractivity contribution in [1.82, 2.24) is 0 Å². The van der Waals surface area contributed by atoms with E-state index in [0.29, 0.717) is 11.4 Å². The van der Waals surface area contributed by atoms with E-state index in [4.69, 9.17) is 17.3 Å². The molecule has 0 aliphatic carbocycles. The molecule has 1 nitrogen and oxygen atoms in total. The molecule has 0 radical (unpaired) electrons.